The Morgan fingerprint density at radius 3 is 2.49 bits per heavy atom. The number of esters is 2. The zero-order valence-corrected chi connectivity index (χ0v) is 32.4. The number of fused-ring (bicyclic) bond motifs is 4. The van der Waals surface area contributed by atoms with Crippen LogP contribution in [-0.4, -0.2) is 96.9 Å². The van der Waals surface area contributed by atoms with E-state index in [0.717, 1.165) is 12.5 Å². The fraction of sp³-hybridized carbons (Fsp3) is 0.600. The first-order valence-electron chi connectivity index (χ1n) is 19.0. The molecule has 55 heavy (non-hydrogen) atoms. The van der Waals surface area contributed by atoms with Gasteiger partial charge >= 0.3 is 18.1 Å². The molecule has 11 nitrogen and oxygen atoms in total. The van der Waals surface area contributed by atoms with Gasteiger partial charge in [-0.2, -0.15) is 13.2 Å². The van der Waals surface area contributed by atoms with Crippen LogP contribution in [0.2, 0.25) is 5.02 Å². The fourth-order valence-corrected chi connectivity index (χ4v) is 10.1. The molecule has 3 N–H and O–H groups in total. The zero-order chi connectivity index (χ0) is 39.6. The number of halogens is 4. The molecule has 2 aromatic carbocycles. The van der Waals surface area contributed by atoms with Crippen LogP contribution in [0.25, 0.3) is 0 Å². The van der Waals surface area contributed by atoms with E-state index in [4.69, 9.17) is 25.9 Å². The monoisotopic (exact) mass is 790 g/mol. The van der Waals surface area contributed by atoms with Gasteiger partial charge in [0.05, 0.1) is 16.3 Å². The van der Waals surface area contributed by atoms with Crippen molar-refractivity contribution in [3.8, 4) is 0 Å². The summed E-state index contributed by atoms with van der Waals surface area (Å²) in [6.07, 6.45) is -4.31. The van der Waals surface area contributed by atoms with Crippen LogP contribution in [0.1, 0.15) is 58.1 Å². The van der Waals surface area contributed by atoms with Gasteiger partial charge in [-0.25, -0.2) is 0 Å². The number of rotatable bonds is 7. The summed E-state index contributed by atoms with van der Waals surface area (Å²) in [7, 11) is 1.66. The summed E-state index contributed by atoms with van der Waals surface area (Å²) in [5.41, 5.74) is -1.64. The van der Waals surface area contributed by atoms with Crippen LogP contribution in [0, 0.1) is 23.7 Å². The van der Waals surface area contributed by atoms with Gasteiger partial charge in [-0.3, -0.25) is 29.7 Å². The molecule has 0 amide bonds. The number of nitrogens with one attached hydrogen (secondary N) is 1. The van der Waals surface area contributed by atoms with Crippen molar-refractivity contribution in [2.75, 3.05) is 49.7 Å². The highest BCUT2D eigenvalue weighted by molar-refractivity contribution is 6.33. The average molecular weight is 791 g/mol. The van der Waals surface area contributed by atoms with E-state index in [-0.39, 0.29) is 24.2 Å². The molecule has 0 radical (unpaired) electrons. The van der Waals surface area contributed by atoms with E-state index in [1.165, 1.54) is 24.1 Å². The molecular formula is C40H50ClF3N4O7. The molecule has 2 saturated heterocycles. The van der Waals surface area contributed by atoms with Crippen molar-refractivity contribution >= 4 is 34.9 Å². The molecule has 1 saturated carbocycles. The average Bonchev–Trinajstić information content (AvgIpc) is 3.48. The lowest BCUT2D eigenvalue weighted by atomic mass is 9.55. The predicted octanol–water partition coefficient (Wildman–Crippen LogP) is 5.27. The van der Waals surface area contributed by atoms with Crippen molar-refractivity contribution < 1.29 is 47.3 Å². The van der Waals surface area contributed by atoms with Gasteiger partial charge in [-0.15, -0.1) is 0 Å². The van der Waals surface area contributed by atoms with Gasteiger partial charge < -0.3 is 24.6 Å². The minimum absolute atomic E-state index is 0.0181. The van der Waals surface area contributed by atoms with Gasteiger partial charge in [0.15, 0.2) is 18.4 Å². The second-order valence-corrected chi connectivity index (χ2v) is 16.5. The highest BCUT2D eigenvalue weighted by Gasteiger charge is 2.62. The maximum atomic E-state index is 14.2. The van der Waals surface area contributed by atoms with Crippen LogP contribution in [0.3, 0.4) is 0 Å². The Bertz CT molecular complexity index is 1820. The van der Waals surface area contributed by atoms with Gasteiger partial charge in [0.1, 0.15) is 17.2 Å². The number of nitrogens with zero attached hydrogens (tertiary/aromatic N) is 3. The van der Waals surface area contributed by atoms with E-state index < -0.39 is 65.3 Å². The first kappa shape index (κ1) is 39.8. The summed E-state index contributed by atoms with van der Waals surface area (Å²) in [6, 6.07) is 9.56. The molecule has 3 heterocycles. The molecule has 15 heteroatoms. The third-order valence-electron chi connectivity index (χ3n) is 12.7. The predicted molar refractivity (Wildman–Crippen MR) is 199 cm³/mol. The SMILES string of the molecule is CC(=O)O[C@@H]1C(C)=C[C@@H]2[C@H](C(C)CN3CCN(c4cccc(C(F)(F)F)c4)CC3)CC[C@@H](C)[C@]2(O)[C@H]1OC(=O)[C@@H]1C[C@@]2(O)c3cccc(Cl)c3N(C)O[C@H]2N1. The van der Waals surface area contributed by atoms with Crippen LogP contribution in [0.4, 0.5) is 24.5 Å². The van der Waals surface area contributed by atoms with Gasteiger partial charge in [0.25, 0.3) is 0 Å². The second kappa shape index (κ2) is 14.8. The molecule has 1 unspecified atom stereocenters. The Morgan fingerprint density at radius 1 is 1.09 bits per heavy atom. The smallest absolute Gasteiger partial charge is 0.416 e. The number of alkyl halides is 3. The molecule has 0 bridgehead atoms. The topological polar surface area (TPSA) is 124 Å². The normalized spacial score (nSPS) is 34.2. The van der Waals surface area contributed by atoms with Gasteiger partial charge in [0.2, 0.25) is 0 Å². The first-order valence-corrected chi connectivity index (χ1v) is 19.4. The molecular weight excluding hydrogens is 741 g/mol. The molecule has 0 spiro atoms. The number of carbonyl (C=O) groups excluding carboxylic acids is 2. The quantitative estimate of drug-likeness (QED) is 0.251. The first-order chi connectivity index (χ1) is 25.9. The van der Waals surface area contributed by atoms with Crippen molar-refractivity contribution in [1.82, 2.24) is 10.2 Å². The number of hydrogen-bond donors (Lipinski definition) is 3. The second-order valence-electron chi connectivity index (χ2n) is 16.1. The van der Waals surface area contributed by atoms with Crippen molar-refractivity contribution in [2.24, 2.45) is 23.7 Å². The summed E-state index contributed by atoms with van der Waals surface area (Å²) >= 11 is 6.46. The number of aliphatic hydroxyl groups is 2. The number of carbonyl (C=O) groups is 2. The summed E-state index contributed by atoms with van der Waals surface area (Å²) in [5, 5.41) is 29.7. The van der Waals surface area contributed by atoms with E-state index >= 15 is 0 Å². The van der Waals surface area contributed by atoms with Gasteiger partial charge in [0, 0.05) is 70.3 Å². The minimum atomic E-state index is -4.41. The molecule has 3 aliphatic heterocycles. The number of ether oxygens (including phenoxy) is 2. The fourth-order valence-electron chi connectivity index (χ4n) is 9.77. The van der Waals surface area contributed by atoms with Gasteiger partial charge in [-0.1, -0.05) is 49.7 Å². The highest BCUT2D eigenvalue weighted by atomic mass is 35.5. The van der Waals surface area contributed by atoms with Crippen molar-refractivity contribution in [3.05, 3.63) is 70.3 Å². The van der Waals surface area contributed by atoms with E-state index in [9.17, 15) is 33.0 Å². The lowest BCUT2D eigenvalue weighted by molar-refractivity contribution is -0.225. The van der Waals surface area contributed by atoms with Crippen LogP contribution in [-0.2, 0) is 35.7 Å². The number of anilines is 2. The van der Waals surface area contributed by atoms with Crippen molar-refractivity contribution in [2.45, 2.75) is 88.8 Å². The molecule has 3 fully saturated rings. The molecule has 2 aliphatic carbocycles. The lowest BCUT2D eigenvalue weighted by Crippen LogP contribution is -2.66. The molecule has 7 rings (SSSR count). The molecule has 2 aromatic rings. The Hall–Kier alpha value is -3.40. The zero-order valence-electron chi connectivity index (χ0n) is 31.7. The van der Waals surface area contributed by atoms with Crippen molar-refractivity contribution in [1.29, 1.82) is 0 Å². The number of piperazine rings is 1. The van der Waals surface area contributed by atoms with Gasteiger partial charge in [-0.05, 0) is 67.4 Å². The summed E-state index contributed by atoms with van der Waals surface area (Å²) in [4.78, 5) is 36.9. The molecule has 5 aliphatic rings. The van der Waals surface area contributed by atoms with Crippen molar-refractivity contribution in [3.63, 3.8) is 0 Å². The number of para-hydroxylation sites is 1. The third-order valence-corrected chi connectivity index (χ3v) is 13.0. The summed E-state index contributed by atoms with van der Waals surface area (Å²) in [6.45, 7) is 10.4. The standard InChI is InChI=1S/C40H50ClF3N4O7/c1-22-18-30-28(23(2)21-47-14-16-48(17-15-47)27-9-6-8-26(19-27)40(42,43)44)13-12-24(3)39(30,52)35(34(22)53-25(4)49)54-36(50)32-20-38(51)29-10-7-11-31(41)33(29)46(5)55-37(38)45-32/h6-11,18-19,23-24,28,30,32,34-35,37,45,51-52H,12-17,20-21H2,1-5H3/t23?,24-,28+,30-,32+,34-,35+,37-,38-,39-/m1/s1. The highest BCUT2D eigenvalue weighted by Crippen LogP contribution is 2.53. The molecule has 0 aromatic heterocycles. The Labute approximate surface area is 324 Å². The Balaban J connectivity index is 1.08. The maximum Gasteiger partial charge on any atom is 0.416 e. The van der Waals surface area contributed by atoms with E-state index in [2.05, 4.69) is 17.1 Å². The number of hydrogen-bond acceptors (Lipinski definition) is 11. The third kappa shape index (κ3) is 7.23. The van der Waals surface area contributed by atoms with Crippen LogP contribution < -0.4 is 15.3 Å². The minimum Gasteiger partial charge on any atom is -0.454 e. The van der Waals surface area contributed by atoms with Crippen LogP contribution in [0.5, 0.6) is 0 Å². The number of benzene rings is 2. The largest absolute Gasteiger partial charge is 0.454 e. The van der Waals surface area contributed by atoms with E-state index in [0.29, 0.717) is 66.7 Å². The summed E-state index contributed by atoms with van der Waals surface area (Å²) < 4.78 is 52.2. The molecule has 10 atom stereocenters. The summed E-state index contributed by atoms with van der Waals surface area (Å²) in [5.74, 6) is -1.99. The Morgan fingerprint density at radius 2 is 1.80 bits per heavy atom. The number of hydroxylamine groups is 1. The maximum absolute atomic E-state index is 14.2. The van der Waals surface area contributed by atoms with E-state index in [1.807, 2.05) is 24.8 Å². The van der Waals surface area contributed by atoms with Crippen LogP contribution in [0.15, 0.2) is 54.1 Å². The Kier molecular flexibility index (Phi) is 10.7. The lowest BCUT2D eigenvalue weighted by Gasteiger charge is -2.56. The molecule has 300 valence electrons. The van der Waals surface area contributed by atoms with E-state index in [1.54, 1.807) is 31.3 Å². The van der Waals surface area contributed by atoms with Crippen LogP contribution >= 0.6 is 11.6 Å².